The summed E-state index contributed by atoms with van der Waals surface area (Å²) in [6, 6.07) is 9.51. The van der Waals surface area contributed by atoms with E-state index in [9.17, 15) is 9.59 Å². The number of carbonyl (C=O) groups excluding carboxylic acids is 1. The minimum atomic E-state index is -0.871. The lowest BCUT2D eigenvalue weighted by molar-refractivity contribution is -0.141. The van der Waals surface area contributed by atoms with Gasteiger partial charge >= 0.3 is 5.97 Å². The molecule has 1 aromatic carbocycles. The zero-order valence-electron chi connectivity index (χ0n) is 11.5. The number of hydrogen-bond acceptors (Lipinski definition) is 3. The van der Waals surface area contributed by atoms with E-state index in [2.05, 4.69) is 0 Å². The number of carboxylic acids is 1. The van der Waals surface area contributed by atoms with Gasteiger partial charge in [-0.15, -0.1) is 0 Å². The summed E-state index contributed by atoms with van der Waals surface area (Å²) >= 11 is 0. The number of para-hydroxylation sites is 1. The fraction of sp³-hybridized carbons (Fsp3) is 0.467. The summed E-state index contributed by atoms with van der Waals surface area (Å²) in [5, 5.41) is 8.80. The smallest absolute Gasteiger partial charge is 0.307 e. The molecular formula is C15H19NO4. The van der Waals surface area contributed by atoms with E-state index in [1.54, 1.807) is 11.9 Å². The Morgan fingerprint density at radius 3 is 2.60 bits per heavy atom. The van der Waals surface area contributed by atoms with Crippen LogP contribution in [0.4, 0.5) is 0 Å². The third-order valence-electron chi connectivity index (χ3n) is 3.45. The van der Waals surface area contributed by atoms with Crippen LogP contribution in [0.15, 0.2) is 30.3 Å². The second-order valence-electron chi connectivity index (χ2n) is 5.06. The first-order chi connectivity index (χ1) is 9.59. The molecule has 2 rings (SSSR count). The summed E-state index contributed by atoms with van der Waals surface area (Å²) in [4.78, 5) is 24.2. The van der Waals surface area contributed by atoms with Crippen LogP contribution in [0.2, 0.25) is 0 Å². The minimum Gasteiger partial charge on any atom is -0.494 e. The first-order valence-corrected chi connectivity index (χ1v) is 6.75. The number of aliphatic carboxylic acids is 1. The number of benzene rings is 1. The van der Waals surface area contributed by atoms with Gasteiger partial charge in [-0.2, -0.15) is 0 Å². The van der Waals surface area contributed by atoms with E-state index in [1.807, 2.05) is 30.3 Å². The molecule has 0 spiro atoms. The molecule has 1 fully saturated rings. The third-order valence-corrected chi connectivity index (χ3v) is 3.45. The lowest BCUT2D eigenvalue weighted by atomic mass is 10.2. The zero-order valence-corrected chi connectivity index (χ0v) is 11.5. The van der Waals surface area contributed by atoms with Crippen molar-refractivity contribution in [2.24, 2.45) is 11.8 Å². The molecule has 1 saturated carbocycles. The fourth-order valence-corrected chi connectivity index (χ4v) is 2.14. The van der Waals surface area contributed by atoms with Gasteiger partial charge < -0.3 is 14.7 Å². The maximum atomic E-state index is 11.9. The fourth-order valence-electron chi connectivity index (χ4n) is 2.14. The molecule has 1 aliphatic carbocycles. The van der Waals surface area contributed by atoms with Gasteiger partial charge in [-0.05, 0) is 25.0 Å². The van der Waals surface area contributed by atoms with Gasteiger partial charge in [-0.25, -0.2) is 0 Å². The van der Waals surface area contributed by atoms with E-state index < -0.39 is 11.9 Å². The van der Waals surface area contributed by atoms with E-state index in [4.69, 9.17) is 9.84 Å². The average Bonchev–Trinajstić information content (AvgIpc) is 3.24. The average molecular weight is 277 g/mol. The zero-order chi connectivity index (χ0) is 14.5. The molecule has 2 atom stereocenters. The van der Waals surface area contributed by atoms with Crippen LogP contribution in [0.25, 0.3) is 0 Å². The summed E-state index contributed by atoms with van der Waals surface area (Å²) in [5.41, 5.74) is 0. The Kier molecular flexibility index (Phi) is 4.61. The van der Waals surface area contributed by atoms with Crippen LogP contribution in [0.1, 0.15) is 12.8 Å². The van der Waals surface area contributed by atoms with E-state index >= 15 is 0 Å². The van der Waals surface area contributed by atoms with Crippen molar-refractivity contribution in [3.8, 4) is 5.75 Å². The summed E-state index contributed by atoms with van der Waals surface area (Å²) in [5.74, 6) is -0.936. The predicted octanol–water partition coefficient (Wildman–Crippen LogP) is 1.63. The lowest BCUT2D eigenvalue weighted by Crippen LogP contribution is -2.31. The largest absolute Gasteiger partial charge is 0.494 e. The molecule has 0 saturated heterocycles. The highest BCUT2D eigenvalue weighted by Crippen LogP contribution is 2.39. The standard InChI is InChI=1S/C15H19NO4/c1-16(14(17)12-10-13(12)15(18)19)8-5-9-20-11-6-3-2-4-7-11/h2-4,6-7,12-13H,5,8-10H2,1H3,(H,18,19)/t12-,13+/m1/s1. The Hall–Kier alpha value is -2.04. The van der Waals surface area contributed by atoms with Gasteiger partial charge in [0, 0.05) is 13.6 Å². The highest BCUT2D eigenvalue weighted by atomic mass is 16.5. The van der Waals surface area contributed by atoms with Crippen molar-refractivity contribution in [2.45, 2.75) is 12.8 Å². The number of ether oxygens (including phenoxy) is 1. The van der Waals surface area contributed by atoms with Crippen molar-refractivity contribution in [3.63, 3.8) is 0 Å². The summed E-state index contributed by atoms with van der Waals surface area (Å²) in [6.45, 7) is 1.11. The van der Waals surface area contributed by atoms with Gasteiger partial charge in [0.05, 0.1) is 18.4 Å². The van der Waals surface area contributed by atoms with Crippen LogP contribution in [0, 0.1) is 11.8 Å². The molecule has 0 unspecified atom stereocenters. The van der Waals surface area contributed by atoms with Crippen LogP contribution in [-0.4, -0.2) is 42.1 Å². The second-order valence-corrected chi connectivity index (χ2v) is 5.06. The number of carboxylic acid groups (broad SMARTS) is 1. The molecule has 0 aromatic heterocycles. The van der Waals surface area contributed by atoms with Gasteiger partial charge in [0.1, 0.15) is 5.75 Å². The molecule has 1 aliphatic rings. The number of carbonyl (C=O) groups is 2. The topological polar surface area (TPSA) is 66.8 Å². The Bertz CT molecular complexity index is 474. The van der Waals surface area contributed by atoms with Crippen molar-refractivity contribution >= 4 is 11.9 Å². The summed E-state index contributed by atoms with van der Waals surface area (Å²) in [7, 11) is 1.71. The van der Waals surface area contributed by atoms with Crippen molar-refractivity contribution in [3.05, 3.63) is 30.3 Å². The number of hydrogen-bond donors (Lipinski definition) is 1. The predicted molar refractivity (Wildman–Crippen MR) is 73.4 cm³/mol. The number of nitrogens with zero attached hydrogens (tertiary/aromatic N) is 1. The molecule has 1 aromatic rings. The number of amides is 1. The lowest BCUT2D eigenvalue weighted by Gasteiger charge is -2.17. The van der Waals surface area contributed by atoms with Crippen molar-refractivity contribution < 1.29 is 19.4 Å². The van der Waals surface area contributed by atoms with Crippen LogP contribution in [-0.2, 0) is 9.59 Å². The monoisotopic (exact) mass is 277 g/mol. The second kappa shape index (κ2) is 6.41. The van der Waals surface area contributed by atoms with Crippen LogP contribution in [0.5, 0.6) is 5.75 Å². The molecule has 0 aliphatic heterocycles. The Balaban J connectivity index is 1.64. The highest BCUT2D eigenvalue weighted by molar-refractivity contribution is 5.89. The van der Waals surface area contributed by atoms with Gasteiger partial charge in [0.15, 0.2) is 0 Å². The SMILES string of the molecule is CN(CCCOc1ccccc1)C(=O)[C@@H]1C[C@@H]1C(=O)O. The molecule has 5 nitrogen and oxygen atoms in total. The molecular weight excluding hydrogens is 258 g/mol. The first kappa shape index (κ1) is 14.4. The highest BCUT2D eigenvalue weighted by Gasteiger charge is 2.49. The van der Waals surface area contributed by atoms with Crippen LogP contribution < -0.4 is 4.74 Å². The van der Waals surface area contributed by atoms with Gasteiger partial charge in [0.2, 0.25) is 5.91 Å². The maximum absolute atomic E-state index is 11.9. The van der Waals surface area contributed by atoms with E-state index in [0.717, 1.165) is 12.2 Å². The number of rotatable bonds is 7. The first-order valence-electron chi connectivity index (χ1n) is 6.75. The van der Waals surface area contributed by atoms with Crippen molar-refractivity contribution in [1.82, 2.24) is 4.90 Å². The normalized spacial score (nSPS) is 20.2. The molecule has 0 radical (unpaired) electrons. The quantitative estimate of drug-likeness (QED) is 0.769. The van der Waals surface area contributed by atoms with Gasteiger partial charge in [0.25, 0.3) is 0 Å². The molecule has 5 heteroatoms. The third kappa shape index (κ3) is 3.73. The minimum absolute atomic E-state index is 0.0721. The van der Waals surface area contributed by atoms with Crippen molar-refractivity contribution in [1.29, 1.82) is 0 Å². The molecule has 0 heterocycles. The van der Waals surface area contributed by atoms with Gasteiger partial charge in [-0.1, -0.05) is 18.2 Å². The van der Waals surface area contributed by atoms with Crippen LogP contribution >= 0.6 is 0 Å². The van der Waals surface area contributed by atoms with Crippen molar-refractivity contribution in [2.75, 3.05) is 20.2 Å². The molecule has 108 valence electrons. The summed E-state index contributed by atoms with van der Waals surface area (Å²) in [6.07, 6.45) is 1.20. The van der Waals surface area contributed by atoms with E-state index in [0.29, 0.717) is 19.6 Å². The van der Waals surface area contributed by atoms with Crippen LogP contribution in [0.3, 0.4) is 0 Å². The summed E-state index contributed by atoms with van der Waals surface area (Å²) < 4.78 is 5.54. The molecule has 1 N–H and O–H groups in total. The molecule has 20 heavy (non-hydrogen) atoms. The molecule has 0 bridgehead atoms. The Morgan fingerprint density at radius 1 is 1.30 bits per heavy atom. The van der Waals surface area contributed by atoms with E-state index in [-0.39, 0.29) is 11.8 Å². The van der Waals surface area contributed by atoms with Gasteiger partial charge in [-0.3, -0.25) is 9.59 Å². The van der Waals surface area contributed by atoms with E-state index in [1.165, 1.54) is 0 Å². The Labute approximate surface area is 118 Å². The molecule has 1 amide bonds. The Morgan fingerprint density at radius 2 is 2.00 bits per heavy atom. The maximum Gasteiger partial charge on any atom is 0.307 e.